The Morgan fingerprint density at radius 3 is 2.41 bits per heavy atom. The maximum atomic E-state index is 13.7. The second kappa shape index (κ2) is 7.40. The number of benzene rings is 2. The molecule has 0 fully saturated rings. The fraction of sp³-hybridized carbons (Fsp3) is 0.111. The molecule has 0 saturated heterocycles. The molecule has 3 aromatic rings. The molecular weight excluding hydrogens is 386 g/mol. The van der Waals surface area contributed by atoms with Crippen LogP contribution in [0.25, 0.3) is 0 Å². The molecule has 1 aromatic heterocycles. The monoisotopic (exact) mass is 397 g/mol. The summed E-state index contributed by atoms with van der Waals surface area (Å²) in [5.74, 6) is -5.57. The minimum absolute atomic E-state index is 0.0158. The predicted molar refractivity (Wildman–Crippen MR) is 93.3 cm³/mol. The zero-order valence-corrected chi connectivity index (χ0v) is 14.6. The van der Waals surface area contributed by atoms with E-state index < -0.39 is 28.8 Å². The van der Waals surface area contributed by atoms with E-state index in [9.17, 15) is 22.4 Å². The van der Waals surface area contributed by atoms with E-state index in [1.807, 2.05) is 0 Å². The normalized spacial score (nSPS) is 10.9. The smallest absolute Gasteiger partial charge is 0.310 e. The van der Waals surface area contributed by atoms with Gasteiger partial charge in [0.05, 0.1) is 6.54 Å². The van der Waals surface area contributed by atoms with Gasteiger partial charge >= 0.3 is 5.56 Å². The van der Waals surface area contributed by atoms with Gasteiger partial charge < -0.3 is 9.88 Å². The minimum atomic E-state index is -1.60. The van der Waals surface area contributed by atoms with Crippen LogP contribution in [0.4, 0.5) is 29.2 Å². The largest absolute Gasteiger partial charge is 0.325 e. The third kappa shape index (κ3) is 4.11. The third-order valence-electron chi connectivity index (χ3n) is 3.80. The number of aryl methyl sites for hydroxylation is 1. The highest BCUT2D eigenvalue weighted by Gasteiger charge is 2.14. The summed E-state index contributed by atoms with van der Waals surface area (Å²) in [6, 6.07) is 6.53. The summed E-state index contributed by atoms with van der Waals surface area (Å²) in [6.07, 6.45) is 0.844. The lowest BCUT2D eigenvalue weighted by Gasteiger charge is -2.16. The molecule has 27 heavy (non-hydrogen) atoms. The van der Waals surface area contributed by atoms with Gasteiger partial charge in [0.2, 0.25) is 11.8 Å². The predicted octanol–water partition coefficient (Wildman–Crippen LogP) is 4.55. The Balaban J connectivity index is 2.04. The molecule has 140 valence electrons. The van der Waals surface area contributed by atoms with Crippen molar-refractivity contribution in [3.63, 3.8) is 0 Å². The Labute approximate surface area is 156 Å². The first kappa shape index (κ1) is 18.9. The highest BCUT2D eigenvalue weighted by atomic mass is 35.5. The Hall–Kier alpha value is -2.87. The van der Waals surface area contributed by atoms with E-state index in [4.69, 9.17) is 11.6 Å². The second-order valence-electron chi connectivity index (χ2n) is 5.80. The molecule has 0 spiro atoms. The van der Waals surface area contributed by atoms with Crippen molar-refractivity contribution in [3.05, 3.63) is 86.3 Å². The molecule has 0 aliphatic heterocycles. The first-order chi connectivity index (χ1) is 12.7. The molecule has 0 radical (unpaired) electrons. The zero-order chi connectivity index (χ0) is 19.7. The van der Waals surface area contributed by atoms with Gasteiger partial charge in [0.1, 0.15) is 0 Å². The maximum absolute atomic E-state index is 13.7. The van der Waals surface area contributed by atoms with Gasteiger partial charge in [-0.15, -0.1) is 0 Å². The first-order valence-corrected chi connectivity index (χ1v) is 8.06. The van der Waals surface area contributed by atoms with Crippen molar-refractivity contribution in [3.8, 4) is 0 Å². The quantitative estimate of drug-likeness (QED) is 0.519. The van der Waals surface area contributed by atoms with E-state index in [2.05, 4.69) is 10.3 Å². The molecule has 0 bridgehead atoms. The van der Waals surface area contributed by atoms with Crippen LogP contribution in [-0.2, 0) is 6.54 Å². The Morgan fingerprint density at radius 2 is 1.74 bits per heavy atom. The van der Waals surface area contributed by atoms with Crippen LogP contribution in [-0.4, -0.2) is 9.55 Å². The van der Waals surface area contributed by atoms with Crippen LogP contribution in [0.15, 0.2) is 41.3 Å². The molecule has 3 rings (SSSR count). The van der Waals surface area contributed by atoms with Crippen LogP contribution in [0.3, 0.4) is 0 Å². The third-order valence-corrected chi connectivity index (χ3v) is 4.03. The summed E-state index contributed by atoms with van der Waals surface area (Å²) in [7, 11) is 0. The van der Waals surface area contributed by atoms with Gasteiger partial charge in [0.25, 0.3) is 0 Å². The number of anilines is 2. The number of nitrogens with zero attached hydrogens (tertiary/aromatic N) is 2. The van der Waals surface area contributed by atoms with Crippen LogP contribution in [0.1, 0.15) is 11.1 Å². The number of halogens is 5. The number of rotatable bonds is 4. The van der Waals surface area contributed by atoms with Crippen molar-refractivity contribution in [2.45, 2.75) is 13.5 Å². The van der Waals surface area contributed by atoms with E-state index in [0.29, 0.717) is 10.7 Å². The van der Waals surface area contributed by atoms with Crippen LogP contribution in [0, 0.1) is 30.2 Å². The van der Waals surface area contributed by atoms with E-state index in [-0.39, 0.29) is 18.1 Å². The highest BCUT2D eigenvalue weighted by Crippen LogP contribution is 2.24. The van der Waals surface area contributed by atoms with E-state index >= 15 is 0 Å². The van der Waals surface area contributed by atoms with Crippen LogP contribution < -0.4 is 10.9 Å². The molecule has 0 aliphatic carbocycles. The maximum Gasteiger partial charge on any atom is 0.310 e. The fourth-order valence-corrected chi connectivity index (χ4v) is 2.60. The Bertz CT molecular complexity index is 1060. The van der Waals surface area contributed by atoms with Crippen molar-refractivity contribution < 1.29 is 17.6 Å². The molecule has 1 heterocycles. The number of hydrogen-bond donors (Lipinski definition) is 1. The molecule has 1 N–H and O–H groups in total. The van der Waals surface area contributed by atoms with Gasteiger partial charge in [-0.3, -0.25) is 4.79 Å². The summed E-state index contributed by atoms with van der Waals surface area (Å²) in [6.45, 7) is 1.51. The standard InChI is InChI=1S/C18H12ClF4N3O/c1-9-2-3-11(19)6-15(9)24-18-25-17(27)14(22)8-26(18)7-10-4-12(20)16(23)13(21)5-10/h2-6,8H,7H2,1H3,(H,24,25,27). The molecule has 4 nitrogen and oxygen atoms in total. The lowest BCUT2D eigenvalue weighted by Crippen LogP contribution is -2.20. The summed E-state index contributed by atoms with van der Waals surface area (Å²) in [5, 5.41) is 3.27. The van der Waals surface area contributed by atoms with Gasteiger partial charge in [-0.2, -0.15) is 9.37 Å². The van der Waals surface area contributed by atoms with Crippen molar-refractivity contribution in [2.24, 2.45) is 0 Å². The van der Waals surface area contributed by atoms with Gasteiger partial charge in [-0.25, -0.2) is 13.2 Å². The van der Waals surface area contributed by atoms with E-state index in [1.165, 1.54) is 0 Å². The zero-order valence-electron chi connectivity index (χ0n) is 13.9. The van der Waals surface area contributed by atoms with Gasteiger partial charge in [-0.1, -0.05) is 17.7 Å². The molecule has 0 aliphatic rings. The topological polar surface area (TPSA) is 46.9 Å². The molecule has 0 atom stereocenters. The summed E-state index contributed by atoms with van der Waals surface area (Å²) >= 11 is 5.95. The van der Waals surface area contributed by atoms with Gasteiger partial charge in [0.15, 0.2) is 17.5 Å². The summed E-state index contributed by atoms with van der Waals surface area (Å²) < 4.78 is 54.8. The average Bonchev–Trinajstić information content (AvgIpc) is 2.60. The molecule has 0 unspecified atom stereocenters. The number of aromatic nitrogens is 2. The molecular formula is C18H12ClF4N3O. The second-order valence-corrected chi connectivity index (χ2v) is 6.24. The van der Waals surface area contributed by atoms with E-state index in [0.717, 1.165) is 28.5 Å². The SMILES string of the molecule is Cc1ccc(Cl)cc1Nc1nc(=O)c(F)cn1Cc1cc(F)c(F)c(F)c1. The molecule has 2 aromatic carbocycles. The molecule has 9 heteroatoms. The average molecular weight is 398 g/mol. The first-order valence-electron chi connectivity index (χ1n) is 7.68. The Kier molecular flexibility index (Phi) is 5.18. The minimum Gasteiger partial charge on any atom is -0.325 e. The van der Waals surface area contributed by atoms with Crippen LogP contribution in [0.2, 0.25) is 5.02 Å². The van der Waals surface area contributed by atoms with Gasteiger partial charge in [-0.05, 0) is 42.3 Å². The van der Waals surface area contributed by atoms with Gasteiger partial charge in [0, 0.05) is 16.9 Å². The highest BCUT2D eigenvalue weighted by molar-refractivity contribution is 6.30. The van der Waals surface area contributed by atoms with Crippen molar-refractivity contribution in [1.29, 1.82) is 0 Å². The lowest BCUT2D eigenvalue weighted by atomic mass is 10.2. The lowest BCUT2D eigenvalue weighted by molar-refractivity contribution is 0.444. The Morgan fingerprint density at radius 1 is 1.07 bits per heavy atom. The molecule has 0 saturated carbocycles. The summed E-state index contributed by atoms with van der Waals surface area (Å²) in [4.78, 5) is 15.2. The van der Waals surface area contributed by atoms with Crippen LogP contribution >= 0.6 is 11.6 Å². The van der Waals surface area contributed by atoms with Crippen LogP contribution in [0.5, 0.6) is 0 Å². The number of hydrogen-bond acceptors (Lipinski definition) is 3. The van der Waals surface area contributed by atoms with Crippen molar-refractivity contribution >= 4 is 23.2 Å². The molecule has 0 amide bonds. The van der Waals surface area contributed by atoms with Crippen molar-refractivity contribution in [2.75, 3.05) is 5.32 Å². The van der Waals surface area contributed by atoms with E-state index in [1.54, 1.807) is 25.1 Å². The number of nitrogens with one attached hydrogen (secondary N) is 1. The summed E-state index contributed by atoms with van der Waals surface area (Å²) in [5.41, 5.74) is 0.182. The van der Waals surface area contributed by atoms with Crippen molar-refractivity contribution in [1.82, 2.24) is 9.55 Å². The fourth-order valence-electron chi connectivity index (χ4n) is 2.43.